The Balaban J connectivity index is 1.61. The Labute approximate surface area is 140 Å². The summed E-state index contributed by atoms with van der Waals surface area (Å²) in [7, 11) is 0. The molecule has 1 fully saturated rings. The molecule has 4 heteroatoms. The molecule has 0 saturated heterocycles. The quantitative estimate of drug-likeness (QED) is 0.736. The van der Waals surface area contributed by atoms with Crippen molar-refractivity contribution in [2.24, 2.45) is 5.92 Å². The predicted octanol–water partition coefficient (Wildman–Crippen LogP) is 4.77. The molecular weight excluding hydrogens is 301 g/mol. The highest BCUT2D eigenvalue weighted by Crippen LogP contribution is 2.31. The molecule has 1 aromatic heterocycles. The van der Waals surface area contributed by atoms with Gasteiger partial charge in [0.25, 0.3) is 0 Å². The maximum absolute atomic E-state index is 14.9. The summed E-state index contributed by atoms with van der Waals surface area (Å²) in [6, 6.07) is 15.0. The first-order valence-electron chi connectivity index (χ1n) is 8.21. The Morgan fingerprint density at radius 3 is 2.21 bits per heavy atom. The van der Waals surface area contributed by atoms with Gasteiger partial charge in [-0.15, -0.1) is 0 Å². The summed E-state index contributed by atoms with van der Waals surface area (Å²) in [5, 5.41) is 3.22. The van der Waals surface area contributed by atoms with Crippen LogP contribution in [-0.2, 0) is 0 Å². The lowest BCUT2D eigenvalue weighted by Gasteiger charge is -2.09. The van der Waals surface area contributed by atoms with Crippen LogP contribution in [0.1, 0.15) is 12.8 Å². The van der Waals surface area contributed by atoms with Crippen LogP contribution in [0.5, 0.6) is 0 Å². The predicted molar refractivity (Wildman–Crippen MR) is 94.1 cm³/mol. The van der Waals surface area contributed by atoms with Crippen LogP contribution in [0.3, 0.4) is 0 Å². The molecule has 2 aromatic carbocycles. The number of benzene rings is 2. The number of aromatic nitrogens is 2. The van der Waals surface area contributed by atoms with Crippen LogP contribution in [0.2, 0.25) is 0 Å². The summed E-state index contributed by atoms with van der Waals surface area (Å²) >= 11 is 0. The summed E-state index contributed by atoms with van der Waals surface area (Å²) < 4.78 is 14.9. The highest BCUT2D eigenvalue weighted by atomic mass is 19.1. The first kappa shape index (κ1) is 14.8. The van der Waals surface area contributed by atoms with Gasteiger partial charge in [-0.3, -0.25) is 0 Å². The molecule has 0 spiro atoms. The number of rotatable bonds is 5. The third kappa shape index (κ3) is 3.13. The first-order valence-corrected chi connectivity index (χ1v) is 8.21. The van der Waals surface area contributed by atoms with Gasteiger partial charge in [-0.2, -0.15) is 0 Å². The largest absolute Gasteiger partial charge is 0.354 e. The van der Waals surface area contributed by atoms with Crippen LogP contribution in [0.15, 0.2) is 60.9 Å². The van der Waals surface area contributed by atoms with E-state index in [2.05, 4.69) is 15.3 Å². The molecule has 1 aliphatic rings. The molecule has 0 aliphatic heterocycles. The minimum atomic E-state index is -0.244. The van der Waals surface area contributed by atoms with Crippen LogP contribution in [-0.4, -0.2) is 16.5 Å². The van der Waals surface area contributed by atoms with Gasteiger partial charge in [0.15, 0.2) is 0 Å². The minimum absolute atomic E-state index is 0.244. The number of halogens is 1. The van der Waals surface area contributed by atoms with Crippen molar-refractivity contribution in [1.82, 2.24) is 9.97 Å². The maximum Gasteiger partial charge on any atom is 0.222 e. The maximum atomic E-state index is 14.9. The summed E-state index contributed by atoms with van der Waals surface area (Å²) in [5.74, 6) is 1.12. The van der Waals surface area contributed by atoms with E-state index in [1.54, 1.807) is 24.5 Å². The fraction of sp³-hybridized carbons (Fsp3) is 0.200. The number of anilines is 1. The second kappa shape index (κ2) is 6.40. The van der Waals surface area contributed by atoms with Crippen LogP contribution >= 0.6 is 0 Å². The van der Waals surface area contributed by atoms with Gasteiger partial charge >= 0.3 is 0 Å². The van der Waals surface area contributed by atoms with Gasteiger partial charge in [-0.25, -0.2) is 14.4 Å². The van der Waals surface area contributed by atoms with Gasteiger partial charge < -0.3 is 5.32 Å². The molecule has 0 bridgehead atoms. The number of nitrogens with one attached hydrogen (secondary N) is 1. The van der Waals surface area contributed by atoms with Gasteiger partial charge in [-0.1, -0.05) is 48.5 Å². The van der Waals surface area contributed by atoms with E-state index >= 15 is 0 Å². The van der Waals surface area contributed by atoms with Crippen LogP contribution in [0, 0.1) is 11.7 Å². The lowest BCUT2D eigenvalue weighted by Crippen LogP contribution is -2.06. The van der Waals surface area contributed by atoms with Gasteiger partial charge in [-0.05, 0) is 24.3 Å². The first-order chi connectivity index (χ1) is 11.8. The van der Waals surface area contributed by atoms with Crippen molar-refractivity contribution in [2.75, 3.05) is 11.9 Å². The van der Waals surface area contributed by atoms with E-state index in [-0.39, 0.29) is 5.82 Å². The fourth-order valence-corrected chi connectivity index (χ4v) is 2.71. The Bertz CT molecular complexity index is 827. The Kier molecular flexibility index (Phi) is 3.95. The van der Waals surface area contributed by atoms with E-state index in [1.165, 1.54) is 12.8 Å². The van der Waals surface area contributed by atoms with Gasteiger partial charge in [0.05, 0.1) is 0 Å². The summed E-state index contributed by atoms with van der Waals surface area (Å²) in [5.41, 5.74) is 2.65. The molecular formula is C20H18FN3. The molecule has 0 amide bonds. The van der Waals surface area contributed by atoms with E-state index in [4.69, 9.17) is 0 Å². The standard InChI is InChI=1S/C20H18FN3/c21-19-17(15-5-2-1-3-6-15)7-4-8-18(19)16-12-23-20(24-13-16)22-11-14-9-10-14/h1-8,12-14H,9-11H2,(H,22,23,24). The summed E-state index contributed by atoms with van der Waals surface area (Å²) in [6.45, 7) is 0.914. The van der Waals surface area contributed by atoms with Crippen LogP contribution in [0.4, 0.5) is 10.3 Å². The van der Waals surface area contributed by atoms with E-state index in [0.29, 0.717) is 22.6 Å². The zero-order valence-electron chi connectivity index (χ0n) is 13.2. The second-order valence-corrected chi connectivity index (χ2v) is 6.15. The minimum Gasteiger partial charge on any atom is -0.354 e. The Morgan fingerprint density at radius 1 is 0.875 bits per heavy atom. The van der Waals surface area contributed by atoms with Gasteiger partial charge in [0.1, 0.15) is 5.82 Å². The SMILES string of the molecule is Fc1c(-c2ccccc2)cccc1-c1cnc(NCC2CC2)nc1. The molecule has 24 heavy (non-hydrogen) atoms. The normalized spacial score (nSPS) is 13.7. The Morgan fingerprint density at radius 2 is 1.54 bits per heavy atom. The van der Waals surface area contributed by atoms with Crippen molar-refractivity contribution in [3.8, 4) is 22.3 Å². The number of hydrogen-bond acceptors (Lipinski definition) is 3. The zero-order chi connectivity index (χ0) is 16.4. The molecule has 1 aliphatic carbocycles. The van der Waals surface area contributed by atoms with E-state index < -0.39 is 0 Å². The summed E-state index contributed by atoms with van der Waals surface area (Å²) in [6.07, 6.45) is 5.91. The highest BCUT2D eigenvalue weighted by Gasteiger charge is 2.21. The average Bonchev–Trinajstić information content (AvgIpc) is 3.46. The smallest absolute Gasteiger partial charge is 0.222 e. The van der Waals surface area contributed by atoms with Crippen molar-refractivity contribution in [3.63, 3.8) is 0 Å². The van der Waals surface area contributed by atoms with Gasteiger partial charge in [0, 0.05) is 35.6 Å². The molecule has 3 nitrogen and oxygen atoms in total. The van der Waals surface area contributed by atoms with Crippen molar-refractivity contribution in [2.45, 2.75) is 12.8 Å². The van der Waals surface area contributed by atoms with Crippen molar-refractivity contribution in [3.05, 3.63) is 66.7 Å². The topological polar surface area (TPSA) is 37.8 Å². The molecule has 4 rings (SSSR count). The molecule has 0 unspecified atom stereocenters. The molecule has 0 atom stereocenters. The third-order valence-corrected chi connectivity index (χ3v) is 4.29. The fourth-order valence-electron chi connectivity index (χ4n) is 2.71. The lowest BCUT2D eigenvalue weighted by atomic mass is 9.99. The third-order valence-electron chi connectivity index (χ3n) is 4.29. The molecule has 1 heterocycles. The van der Waals surface area contributed by atoms with E-state index in [9.17, 15) is 4.39 Å². The zero-order valence-corrected chi connectivity index (χ0v) is 13.2. The van der Waals surface area contributed by atoms with E-state index in [0.717, 1.165) is 18.0 Å². The molecule has 3 aromatic rings. The monoisotopic (exact) mass is 319 g/mol. The van der Waals surface area contributed by atoms with Crippen LogP contribution < -0.4 is 5.32 Å². The second-order valence-electron chi connectivity index (χ2n) is 6.15. The Hall–Kier alpha value is -2.75. The van der Waals surface area contributed by atoms with Crippen molar-refractivity contribution < 1.29 is 4.39 Å². The molecule has 0 radical (unpaired) electrons. The number of hydrogen-bond donors (Lipinski definition) is 1. The molecule has 120 valence electrons. The average molecular weight is 319 g/mol. The molecule has 1 N–H and O–H groups in total. The van der Waals surface area contributed by atoms with E-state index in [1.807, 2.05) is 36.4 Å². The van der Waals surface area contributed by atoms with Crippen LogP contribution in [0.25, 0.3) is 22.3 Å². The molecule has 1 saturated carbocycles. The van der Waals surface area contributed by atoms with Crippen molar-refractivity contribution in [1.29, 1.82) is 0 Å². The number of nitrogens with zero attached hydrogens (tertiary/aromatic N) is 2. The highest BCUT2D eigenvalue weighted by molar-refractivity contribution is 5.73. The lowest BCUT2D eigenvalue weighted by molar-refractivity contribution is 0.634. The van der Waals surface area contributed by atoms with Gasteiger partial charge in [0.2, 0.25) is 5.95 Å². The van der Waals surface area contributed by atoms with Crippen molar-refractivity contribution >= 4 is 5.95 Å². The summed E-state index contributed by atoms with van der Waals surface area (Å²) in [4.78, 5) is 8.62.